The van der Waals surface area contributed by atoms with Gasteiger partial charge in [0.2, 0.25) is 0 Å². The highest BCUT2D eigenvalue weighted by Crippen LogP contribution is 2.41. The Morgan fingerprint density at radius 2 is 1.98 bits per heavy atom. The van der Waals surface area contributed by atoms with E-state index in [1.807, 2.05) is 6.07 Å². The molecular weight excluding hydrogens is 536 g/mol. The number of anilines is 1. The van der Waals surface area contributed by atoms with E-state index in [1.54, 1.807) is 0 Å². The van der Waals surface area contributed by atoms with Gasteiger partial charge in [-0.1, -0.05) is 0 Å². The lowest BCUT2D eigenvalue weighted by atomic mass is 10.0. The SMILES string of the molecule is CCN(C(=O)O)c1cc(F)cc2c1[nH]c1ncc(-c3cncc(C#N)c3)c(-n3cc(C(N)=O)c(C(F)(F)F)n3)c12. The number of nitrogens with one attached hydrogen (secondary N) is 1. The minimum Gasteiger partial charge on any atom is -0.465 e. The van der Waals surface area contributed by atoms with E-state index in [1.165, 1.54) is 31.6 Å². The number of fused-ring (bicyclic) bond motifs is 3. The van der Waals surface area contributed by atoms with Crippen molar-refractivity contribution in [2.24, 2.45) is 5.73 Å². The van der Waals surface area contributed by atoms with Gasteiger partial charge in [-0.05, 0) is 25.1 Å². The maximum Gasteiger partial charge on any atom is 0.435 e. The molecule has 0 saturated heterocycles. The summed E-state index contributed by atoms with van der Waals surface area (Å²) in [7, 11) is 0. The molecule has 5 aromatic rings. The number of amides is 2. The molecule has 0 aliphatic carbocycles. The predicted octanol–water partition coefficient (Wildman–Crippen LogP) is 4.60. The Hall–Kier alpha value is -5.52. The van der Waals surface area contributed by atoms with Gasteiger partial charge in [0.05, 0.1) is 33.4 Å². The van der Waals surface area contributed by atoms with Crippen LogP contribution in [-0.4, -0.2) is 48.4 Å². The molecule has 0 bridgehead atoms. The van der Waals surface area contributed by atoms with Crippen LogP contribution in [0.15, 0.2) is 43.0 Å². The number of rotatable bonds is 5. The second-order valence-electron chi connectivity index (χ2n) is 8.52. The number of halogens is 4. The summed E-state index contributed by atoms with van der Waals surface area (Å²) in [5.41, 5.74) is 3.31. The number of benzene rings is 1. The Kier molecular flexibility index (Phi) is 6.10. The largest absolute Gasteiger partial charge is 0.465 e. The Morgan fingerprint density at radius 1 is 1.23 bits per heavy atom. The lowest BCUT2D eigenvalue weighted by Gasteiger charge is -2.18. The number of carboxylic acid groups (broad SMARTS) is 1. The van der Waals surface area contributed by atoms with Gasteiger partial charge >= 0.3 is 12.3 Å². The molecule has 11 nitrogen and oxygen atoms in total. The average Bonchev–Trinajstić information content (AvgIpc) is 3.51. The number of aromatic amines is 1. The summed E-state index contributed by atoms with van der Waals surface area (Å²) in [5.74, 6) is -2.22. The zero-order valence-corrected chi connectivity index (χ0v) is 20.3. The molecule has 0 atom stereocenters. The number of nitriles is 1. The Balaban J connectivity index is 1.96. The fourth-order valence-corrected chi connectivity index (χ4v) is 4.49. The molecule has 0 saturated carbocycles. The van der Waals surface area contributed by atoms with Gasteiger partial charge in [0.25, 0.3) is 5.91 Å². The first-order valence-electron chi connectivity index (χ1n) is 11.4. The van der Waals surface area contributed by atoms with Crippen molar-refractivity contribution in [3.05, 3.63) is 65.6 Å². The lowest BCUT2D eigenvalue weighted by Crippen LogP contribution is -2.29. The van der Waals surface area contributed by atoms with Crippen LogP contribution in [0, 0.1) is 17.1 Å². The van der Waals surface area contributed by atoms with E-state index >= 15 is 0 Å². The van der Waals surface area contributed by atoms with Crippen LogP contribution in [0.25, 0.3) is 38.8 Å². The number of aromatic nitrogens is 5. The normalized spacial score (nSPS) is 11.6. The quantitative estimate of drug-likeness (QED) is 0.268. The molecule has 0 unspecified atom stereocenters. The summed E-state index contributed by atoms with van der Waals surface area (Å²) >= 11 is 0. The van der Waals surface area contributed by atoms with Crippen molar-refractivity contribution in [1.29, 1.82) is 5.26 Å². The van der Waals surface area contributed by atoms with Crippen LogP contribution in [-0.2, 0) is 6.18 Å². The lowest BCUT2D eigenvalue weighted by molar-refractivity contribution is -0.141. The van der Waals surface area contributed by atoms with Gasteiger partial charge in [0, 0.05) is 47.8 Å². The molecule has 0 aliphatic rings. The number of hydrogen-bond acceptors (Lipinski definition) is 6. The van der Waals surface area contributed by atoms with E-state index < -0.39 is 35.3 Å². The Morgan fingerprint density at radius 3 is 2.58 bits per heavy atom. The zero-order valence-electron chi connectivity index (χ0n) is 20.3. The first-order chi connectivity index (χ1) is 18.9. The molecule has 1 aromatic carbocycles. The molecule has 4 N–H and O–H groups in total. The number of pyridine rings is 2. The molecular formula is C25H16F4N8O3. The minimum absolute atomic E-state index is 0.0442. The average molecular weight is 552 g/mol. The molecule has 0 aliphatic heterocycles. The minimum atomic E-state index is -5.05. The van der Waals surface area contributed by atoms with Crippen molar-refractivity contribution < 1.29 is 32.3 Å². The number of primary amides is 1. The van der Waals surface area contributed by atoms with Crippen LogP contribution >= 0.6 is 0 Å². The predicted molar refractivity (Wildman–Crippen MR) is 133 cm³/mol. The van der Waals surface area contributed by atoms with Gasteiger partial charge in [0.15, 0.2) is 5.69 Å². The number of hydrogen-bond donors (Lipinski definition) is 3. The van der Waals surface area contributed by atoms with Crippen molar-refractivity contribution in [2.45, 2.75) is 13.1 Å². The Labute approximate surface area is 221 Å². The van der Waals surface area contributed by atoms with Crippen LogP contribution in [0.4, 0.5) is 28.0 Å². The molecule has 40 heavy (non-hydrogen) atoms. The van der Waals surface area contributed by atoms with Crippen molar-refractivity contribution in [3.8, 4) is 22.9 Å². The third-order valence-electron chi connectivity index (χ3n) is 6.14. The van der Waals surface area contributed by atoms with Crippen molar-refractivity contribution in [3.63, 3.8) is 0 Å². The fourth-order valence-electron chi connectivity index (χ4n) is 4.49. The number of H-pyrrole nitrogens is 1. The molecule has 15 heteroatoms. The second kappa shape index (κ2) is 9.34. The summed E-state index contributed by atoms with van der Waals surface area (Å²) < 4.78 is 57.1. The van der Waals surface area contributed by atoms with Gasteiger partial charge < -0.3 is 15.8 Å². The van der Waals surface area contributed by atoms with Crippen LogP contribution in [0.5, 0.6) is 0 Å². The van der Waals surface area contributed by atoms with E-state index in [9.17, 15) is 37.5 Å². The molecule has 5 rings (SSSR count). The molecule has 4 aromatic heterocycles. The smallest absolute Gasteiger partial charge is 0.435 e. The summed E-state index contributed by atoms with van der Waals surface area (Å²) in [6.07, 6.45) is -1.74. The van der Waals surface area contributed by atoms with E-state index in [-0.39, 0.29) is 56.5 Å². The summed E-state index contributed by atoms with van der Waals surface area (Å²) in [5, 5.41) is 22.8. The monoisotopic (exact) mass is 552 g/mol. The number of carbonyl (C=O) groups excluding carboxylic acids is 1. The van der Waals surface area contributed by atoms with Gasteiger partial charge in [-0.15, -0.1) is 0 Å². The van der Waals surface area contributed by atoms with Gasteiger partial charge in [-0.25, -0.2) is 18.9 Å². The highest BCUT2D eigenvalue weighted by Gasteiger charge is 2.39. The molecule has 0 fully saturated rings. The third kappa shape index (κ3) is 4.21. The van der Waals surface area contributed by atoms with Crippen LogP contribution < -0.4 is 10.6 Å². The van der Waals surface area contributed by atoms with Gasteiger partial charge in [-0.3, -0.25) is 14.7 Å². The standard InChI is InChI=1S/C25H16F4N8O3/c1-2-36(24(39)40)17-5-13(26)4-14-18-20(37-10-16(22(31)38)21(35-37)25(27,28)29)15(9-33-23(18)34-19(14)17)12-3-11(6-30)7-32-8-12/h3-5,7-10H,2H2,1H3,(H2,31,38)(H,33,34)(H,39,40). The maximum absolute atomic E-state index is 14.9. The number of carbonyl (C=O) groups is 2. The van der Waals surface area contributed by atoms with Crippen molar-refractivity contribution in [2.75, 3.05) is 11.4 Å². The molecule has 2 amide bonds. The van der Waals surface area contributed by atoms with E-state index in [0.717, 1.165) is 27.9 Å². The number of nitrogens with two attached hydrogens (primary N) is 1. The van der Waals surface area contributed by atoms with Gasteiger partial charge in [0.1, 0.15) is 17.5 Å². The highest BCUT2D eigenvalue weighted by molar-refractivity contribution is 6.16. The van der Waals surface area contributed by atoms with Crippen LogP contribution in [0.3, 0.4) is 0 Å². The first-order valence-corrected chi connectivity index (χ1v) is 11.4. The summed E-state index contributed by atoms with van der Waals surface area (Å²) in [4.78, 5) is 35.9. The summed E-state index contributed by atoms with van der Waals surface area (Å²) in [6.45, 7) is 1.50. The van der Waals surface area contributed by atoms with Crippen molar-refractivity contribution in [1.82, 2.24) is 24.7 Å². The molecule has 202 valence electrons. The van der Waals surface area contributed by atoms with Crippen LogP contribution in [0.1, 0.15) is 28.5 Å². The molecule has 0 spiro atoms. The summed E-state index contributed by atoms with van der Waals surface area (Å²) in [6, 6.07) is 5.39. The molecule has 4 heterocycles. The number of alkyl halides is 3. The first kappa shape index (κ1) is 26.1. The number of nitrogens with zero attached hydrogens (tertiary/aromatic N) is 6. The Bertz CT molecular complexity index is 1890. The topological polar surface area (TPSA) is 167 Å². The maximum atomic E-state index is 14.9. The molecule has 0 radical (unpaired) electrons. The second-order valence-corrected chi connectivity index (χ2v) is 8.52. The van der Waals surface area contributed by atoms with Gasteiger partial charge in [-0.2, -0.15) is 23.5 Å². The van der Waals surface area contributed by atoms with Crippen LogP contribution in [0.2, 0.25) is 0 Å². The van der Waals surface area contributed by atoms with Crippen molar-refractivity contribution >= 4 is 39.6 Å². The van der Waals surface area contributed by atoms with E-state index in [4.69, 9.17) is 5.73 Å². The third-order valence-corrected chi connectivity index (χ3v) is 6.14. The highest BCUT2D eigenvalue weighted by atomic mass is 19.4. The van der Waals surface area contributed by atoms with E-state index in [2.05, 4.69) is 20.1 Å². The fraction of sp³-hybridized carbons (Fsp3) is 0.120. The van der Waals surface area contributed by atoms with E-state index in [0.29, 0.717) is 0 Å². The zero-order chi connectivity index (χ0) is 28.9.